The molecule has 2 heteroatoms. The van der Waals surface area contributed by atoms with Crippen LogP contribution in [0.5, 0.6) is 0 Å². The molecule has 2 aromatic carbocycles. The Bertz CT molecular complexity index is 659. The van der Waals surface area contributed by atoms with Gasteiger partial charge >= 0.3 is 5.97 Å². The van der Waals surface area contributed by atoms with Crippen molar-refractivity contribution >= 4 is 11.5 Å². The van der Waals surface area contributed by atoms with E-state index in [1.54, 1.807) is 6.08 Å². The third kappa shape index (κ3) is 4.59. The molecule has 0 aliphatic heterocycles. The predicted octanol–water partition coefficient (Wildman–Crippen LogP) is 4.77. The van der Waals surface area contributed by atoms with Crippen molar-refractivity contribution in [2.24, 2.45) is 0 Å². The lowest BCUT2D eigenvalue weighted by Gasteiger charge is -2.19. The van der Waals surface area contributed by atoms with Gasteiger partial charge in [-0.2, -0.15) is 0 Å². The lowest BCUT2D eigenvalue weighted by molar-refractivity contribution is -0.148. The fourth-order valence-electron chi connectivity index (χ4n) is 2.13. The van der Waals surface area contributed by atoms with Crippen molar-refractivity contribution < 1.29 is 9.53 Å². The third-order valence-electron chi connectivity index (χ3n) is 3.12. The summed E-state index contributed by atoms with van der Waals surface area (Å²) in [6, 6.07) is 18.0. The van der Waals surface area contributed by atoms with E-state index in [1.807, 2.05) is 82.3 Å². The van der Waals surface area contributed by atoms with E-state index in [9.17, 15) is 4.79 Å². The summed E-state index contributed by atoms with van der Waals surface area (Å²) in [5, 5.41) is 0. The molecule has 0 amide bonds. The molecule has 0 N–H and O–H groups in total. The van der Waals surface area contributed by atoms with Crippen LogP contribution in [0.25, 0.3) is 5.57 Å². The number of carbonyl (C=O) groups is 1. The van der Waals surface area contributed by atoms with Crippen LogP contribution in [0.15, 0.2) is 60.7 Å². The maximum absolute atomic E-state index is 12.2. The SMILES string of the molecule is Cc1ccc(/C(=C\C(=O)OC(C)(C)C)c2ccccc2)cc1. The zero-order valence-corrected chi connectivity index (χ0v) is 13.6. The van der Waals surface area contributed by atoms with Gasteiger partial charge in [-0.1, -0.05) is 60.2 Å². The van der Waals surface area contributed by atoms with E-state index in [0.29, 0.717) is 0 Å². The average molecular weight is 294 g/mol. The summed E-state index contributed by atoms with van der Waals surface area (Å²) >= 11 is 0. The van der Waals surface area contributed by atoms with Crippen molar-refractivity contribution in [1.82, 2.24) is 0 Å². The average Bonchev–Trinajstić information content (AvgIpc) is 2.45. The van der Waals surface area contributed by atoms with Crippen LogP contribution in [-0.2, 0) is 9.53 Å². The quantitative estimate of drug-likeness (QED) is 0.602. The number of carbonyl (C=O) groups excluding carboxylic acids is 1. The van der Waals surface area contributed by atoms with Gasteiger partial charge in [0.2, 0.25) is 0 Å². The van der Waals surface area contributed by atoms with Gasteiger partial charge in [-0.05, 0) is 44.4 Å². The molecule has 22 heavy (non-hydrogen) atoms. The Kier molecular flexibility index (Phi) is 4.81. The molecule has 0 spiro atoms. The molecule has 2 rings (SSSR count). The summed E-state index contributed by atoms with van der Waals surface area (Å²) in [7, 11) is 0. The van der Waals surface area contributed by atoms with Crippen LogP contribution in [0.3, 0.4) is 0 Å². The summed E-state index contributed by atoms with van der Waals surface area (Å²) in [5.74, 6) is -0.327. The first-order valence-electron chi connectivity index (χ1n) is 7.42. The van der Waals surface area contributed by atoms with Crippen molar-refractivity contribution in [3.8, 4) is 0 Å². The third-order valence-corrected chi connectivity index (χ3v) is 3.12. The largest absolute Gasteiger partial charge is 0.457 e. The molecular weight excluding hydrogens is 272 g/mol. The van der Waals surface area contributed by atoms with Gasteiger partial charge in [0.25, 0.3) is 0 Å². The highest BCUT2D eigenvalue weighted by Crippen LogP contribution is 2.24. The molecule has 0 saturated carbocycles. The summed E-state index contributed by atoms with van der Waals surface area (Å²) in [5.41, 5.74) is 3.56. The second kappa shape index (κ2) is 6.61. The van der Waals surface area contributed by atoms with Gasteiger partial charge in [-0.15, -0.1) is 0 Å². The maximum atomic E-state index is 12.2. The topological polar surface area (TPSA) is 26.3 Å². The minimum absolute atomic E-state index is 0.327. The normalized spacial score (nSPS) is 12.1. The fourth-order valence-corrected chi connectivity index (χ4v) is 2.13. The first-order chi connectivity index (χ1) is 10.3. The smallest absolute Gasteiger partial charge is 0.331 e. The molecule has 0 fully saturated rings. The number of aryl methyl sites for hydroxylation is 1. The molecule has 0 heterocycles. The van der Waals surface area contributed by atoms with Crippen molar-refractivity contribution in [3.63, 3.8) is 0 Å². The molecule has 0 saturated heterocycles. The Morgan fingerprint density at radius 2 is 1.45 bits per heavy atom. The van der Waals surface area contributed by atoms with Crippen LogP contribution in [0, 0.1) is 6.92 Å². The second-order valence-corrected chi connectivity index (χ2v) is 6.32. The molecule has 2 nitrogen and oxygen atoms in total. The Morgan fingerprint density at radius 1 is 0.909 bits per heavy atom. The standard InChI is InChI=1S/C20H22O2/c1-15-10-12-17(13-11-15)18(16-8-6-5-7-9-16)14-19(21)22-20(2,3)4/h5-14H,1-4H3/b18-14-. The maximum Gasteiger partial charge on any atom is 0.331 e. The monoisotopic (exact) mass is 294 g/mol. The molecule has 0 unspecified atom stereocenters. The number of hydrogen-bond acceptors (Lipinski definition) is 2. The van der Waals surface area contributed by atoms with Gasteiger partial charge in [0.1, 0.15) is 5.60 Å². The van der Waals surface area contributed by atoms with Gasteiger partial charge in [0.15, 0.2) is 0 Å². The van der Waals surface area contributed by atoms with Crippen molar-refractivity contribution in [3.05, 3.63) is 77.4 Å². The van der Waals surface area contributed by atoms with Crippen molar-refractivity contribution in [2.75, 3.05) is 0 Å². The van der Waals surface area contributed by atoms with E-state index in [0.717, 1.165) is 16.7 Å². The second-order valence-electron chi connectivity index (χ2n) is 6.32. The van der Waals surface area contributed by atoms with Crippen LogP contribution in [0.2, 0.25) is 0 Å². The van der Waals surface area contributed by atoms with Crippen molar-refractivity contribution in [2.45, 2.75) is 33.3 Å². The highest BCUT2D eigenvalue weighted by molar-refractivity contribution is 5.96. The number of benzene rings is 2. The van der Waals surface area contributed by atoms with E-state index in [4.69, 9.17) is 4.74 Å². The molecule has 0 bridgehead atoms. The minimum Gasteiger partial charge on any atom is -0.457 e. The number of ether oxygens (including phenoxy) is 1. The Morgan fingerprint density at radius 3 is 2.00 bits per heavy atom. The lowest BCUT2D eigenvalue weighted by Crippen LogP contribution is -2.22. The van der Waals surface area contributed by atoms with Crippen LogP contribution in [0.4, 0.5) is 0 Å². The number of hydrogen-bond donors (Lipinski definition) is 0. The first kappa shape index (κ1) is 16.0. The molecule has 114 valence electrons. The summed E-state index contributed by atoms with van der Waals surface area (Å²) in [6.07, 6.45) is 1.57. The molecule has 0 radical (unpaired) electrons. The van der Waals surface area contributed by atoms with Gasteiger partial charge in [0.05, 0.1) is 0 Å². The molecule has 0 aliphatic rings. The van der Waals surface area contributed by atoms with Gasteiger partial charge < -0.3 is 4.74 Å². The van der Waals surface area contributed by atoms with E-state index < -0.39 is 5.60 Å². The number of rotatable bonds is 3. The summed E-state index contributed by atoms with van der Waals surface area (Å²) in [6.45, 7) is 7.65. The molecule has 2 aromatic rings. The zero-order chi connectivity index (χ0) is 16.2. The van der Waals surface area contributed by atoms with Crippen LogP contribution >= 0.6 is 0 Å². The highest BCUT2D eigenvalue weighted by Gasteiger charge is 2.16. The van der Waals surface area contributed by atoms with Gasteiger partial charge in [0, 0.05) is 6.08 Å². The number of esters is 1. The molecule has 0 aliphatic carbocycles. The highest BCUT2D eigenvalue weighted by atomic mass is 16.6. The zero-order valence-electron chi connectivity index (χ0n) is 13.6. The Balaban J connectivity index is 2.42. The minimum atomic E-state index is -0.497. The van der Waals surface area contributed by atoms with Crippen molar-refractivity contribution in [1.29, 1.82) is 0 Å². The molecule has 0 aromatic heterocycles. The van der Waals surface area contributed by atoms with Crippen LogP contribution in [-0.4, -0.2) is 11.6 Å². The van der Waals surface area contributed by atoms with Crippen LogP contribution < -0.4 is 0 Å². The fraction of sp³-hybridized carbons (Fsp3) is 0.250. The van der Waals surface area contributed by atoms with E-state index >= 15 is 0 Å². The van der Waals surface area contributed by atoms with Crippen LogP contribution in [0.1, 0.15) is 37.5 Å². The first-order valence-corrected chi connectivity index (χ1v) is 7.42. The van der Waals surface area contributed by atoms with E-state index in [1.165, 1.54) is 5.56 Å². The summed E-state index contributed by atoms with van der Waals surface area (Å²) < 4.78 is 5.42. The van der Waals surface area contributed by atoms with Gasteiger partial charge in [-0.3, -0.25) is 0 Å². The van der Waals surface area contributed by atoms with E-state index in [-0.39, 0.29) is 5.97 Å². The Hall–Kier alpha value is -2.35. The molecular formula is C20H22O2. The lowest BCUT2D eigenvalue weighted by atomic mass is 9.97. The van der Waals surface area contributed by atoms with Gasteiger partial charge in [-0.25, -0.2) is 4.79 Å². The van der Waals surface area contributed by atoms with E-state index in [2.05, 4.69) is 0 Å². The Labute approximate surface area is 132 Å². The predicted molar refractivity (Wildman–Crippen MR) is 90.5 cm³/mol. The molecule has 0 atom stereocenters. The summed E-state index contributed by atoms with van der Waals surface area (Å²) in [4.78, 5) is 12.2.